The molecule has 3 N–H and O–H groups in total. The SMILES string of the molecule is CCCC(C[C@H]1CCC2=CC(Nc3ccc(F)cc3)=C(C=N)C[C@@]21C)NC(=O)c1cncnc1. The molecule has 0 saturated heterocycles. The second-order valence-electron chi connectivity index (χ2n) is 9.54. The van der Waals surface area contributed by atoms with E-state index in [2.05, 4.69) is 40.5 Å². The molecule has 1 aromatic heterocycles. The lowest BCUT2D eigenvalue weighted by atomic mass is 9.68. The van der Waals surface area contributed by atoms with Crippen LogP contribution >= 0.6 is 0 Å². The average Bonchev–Trinajstić information content (AvgIpc) is 3.15. The largest absolute Gasteiger partial charge is 0.355 e. The highest BCUT2D eigenvalue weighted by Gasteiger charge is 2.45. The molecule has 0 spiro atoms. The van der Waals surface area contributed by atoms with Gasteiger partial charge >= 0.3 is 0 Å². The van der Waals surface area contributed by atoms with Gasteiger partial charge in [-0.15, -0.1) is 0 Å². The third-order valence-corrected chi connectivity index (χ3v) is 7.28. The van der Waals surface area contributed by atoms with Gasteiger partial charge in [0.25, 0.3) is 5.91 Å². The van der Waals surface area contributed by atoms with Gasteiger partial charge in [0.1, 0.15) is 12.1 Å². The van der Waals surface area contributed by atoms with Crippen LogP contribution in [0.4, 0.5) is 10.1 Å². The molecule has 6 nitrogen and oxygen atoms in total. The highest BCUT2D eigenvalue weighted by atomic mass is 19.1. The van der Waals surface area contributed by atoms with Gasteiger partial charge in [0, 0.05) is 36.0 Å². The minimum absolute atomic E-state index is 0.0482. The molecule has 2 aromatic rings. The third-order valence-electron chi connectivity index (χ3n) is 7.28. The summed E-state index contributed by atoms with van der Waals surface area (Å²) in [6.07, 6.45) is 13.7. The summed E-state index contributed by atoms with van der Waals surface area (Å²) in [6, 6.07) is 6.36. The number of carbonyl (C=O) groups is 1. The molecule has 1 fully saturated rings. The van der Waals surface area contributed by atoms with Crippen molar-refractivity contribution in [1.82, 2.24) is 15.3 Å². The molecule has 7 heteroatoms. The number of carbonyl (C=O) groups excluding carboxylic acids is 1. The van der Waals surface area contributed by atoms with Crippen LogP contribution in [0, 0.1) is 22.6 Å². The van der Waals surface area contributed by atoms with Crippen LogP contribution < -0.4 is 10.6 Å². The minimum Gasteiger partial charge on any atom is -0.355 e. The van der Waals surface area contributed by atoms with Crippen LogP contribution in [-0.4, -0.2) is 28.1 Å². The van der Waals surface area contributed by atoms with Crippen LogP contribution in [0.3, 0.4) is 0 Å². The molecule has 0 radical (unpaired) electrons. The Balaban J connectivity index is 1.49. The lowest BCUT2D eigenvalue weighted by Crippen LogP contribution is -2.39. The molecule has 1 amide bonds. The van der Waals surface area contributed by atoms with E-state index in [0.29, 0.717) is 11.5 Å². The Kier molecular flexibility index (Phi) is 7.20. The van der Waals surface area contributed by atoms with Crippen molar-refractivity contribution in [3.8, 4) is 0 Å². The molecule has 0 aliphatic heterocycles. The Morgan fingerprint density at radius 3 is 2.71 bits per heavy atom. The number of nitrogens with one attached hydrogen (secondary N) is 3. The van der Waals surface area contributed by atoms with E-state index in [9.17, 15) is 9.18 Å². The Morgan fingerprint density at radius 1 is 1.29 bits per heavy atom. The molecule has 1 heterocycles. The van der Waals surface area contributed by atoms with Gasteiger partial charge in [-0.05, 0) is 79.4 Å². The van der Waals surface area contributed by atoms with Crippen molar-refractivity contribution in [2.75, 3.05) is 5.32 Å². The van der Waals surface area contributed by atoms with Crippen molar-refractivity contribution in [2.24, 2.45) is 11.3 Å². The van der Waals surface area contributed by atoms with E-state index in [1.54, 1.807) is 24.5 Å². The van der Waals surface area contributed by atoms with Crippen molar-refractivity contribution in [2.45, 2.75) is 58.4 Å². The summed E-state index contributed by atoms with van der Waals surface area (Å²) >= 11 is 0. The van der Waals surface area contributed by atoms with Gasteiger partial charge < -0.3 is 16.0 Å². The average molecular weight is 462 g/mol. The van der Waals surface area contributed by atoms with Crippen LogP contribution in [0.2, 0.25) is 0 Å². The van der Waals surface area contributed by atoms with Crippen LogP contribution in [0.5, 0.6) is 0 Å². The van der Waals surface area contributed by atoms with Crippen LogP contribution in [0.15, 0.2) is 65.9 Å². The molecule has 2 aliphatic carbocycles. The fourth-order valence-electron chi connectivity index (χ4n) is 5.39. The molecule has 2 aliphatic rings. The van der Waals surface area contributed by atoms with Crippen LogP contribution in [-0.2, 0) is 0 Å². The highest BCUT2D eigenvalue weighted by Crippen LogP contribution is 2.55. The van der Waals surface area contributed by atoms with E-state index in [4.69, 9.17) is 5.41 Å². The Morgan fingerprint density at radius 2 is 2.03 bits per heavy atom. The topological polar surface area (TPSA) is 90.8 Å². The summed E-state index contributed by atoms with van der Waals surface area (Å²) < 4.78 is 13.3. The summed E-state index contributed by atoms with van der Waals surface area (Å²) in [5, 5.41) is 14.6. The number of hydrogen-bond acceptors (Lipinski definition) is 5. The maximum atomic E-state index is 13.3. The molecule has 178 valence electrons. The summed E-state index contributed by atoms with van der Waals surface area (Å²) in [6.45, 7) is 4.43. The molecule has 34 heavy (non-hydrogen) atoms. The predicted octanol–water partition coefficient (Wildman–Crippen LogP) is 5.67. The number of hydrogen-bond donors (Lipinski definition) is 3. The summed E-state index contributed by atoms with van der Waals surface area (Å²) in [7, 11) is 0. The monoisotopic (exact) mass is 461 g/mol. The molecule has 0 bridgehead atoms. The quantitative estimate of drug-likeness (QED) is 0.420. The van der Waals surface area contributed by atoms with Gasteiger partial charge in [-0.1, -0.05) is 25.8 Å². The highest BCUT2D eigenvalue weighted by molar-refractivity contribution is 5.93. The first-order valence-electron chi connectivity index (χ1n) is 12.0. The third kappa shape index (κ3) is 5.08. The Bertz CT molecular complexity index is 1100. The number of fused-ring (bicyclic) bond motifs is 1. The molecule has 3 atom stereocenters. The second kappa shape index (κ2) is 10.3. The number of anilines is 1. The van der Waals surface area contributed by atoms with Gasteiger partial charge in [-0.2, -0.15) is 0 Å². The number of amides is 1. The van der Waals surface area contributed by atoms with Gasteiger partial charge in [0.2, 0.25) is 0 Å². The number of rotatable bonds is 9. The molecule has 1 saturated carbocycles. The van der Waals surface area contributed by atoms with E-state index < -0.39 is 0 Å². The molecule has 4 rings (SSSR count). The van der Waals surface area contributed by atoms with Gasteiger partial charge in [0.15, 0.2) is 0 Å². The molecule has 1 unspecified atom stereocenters. The lowest BCUT2D eigenvalue weighted by molar-refractivity contribution is 0.0920. The zero-order valence-electron chi connectivity index (χ0n) is 19.8. The first kappa shape index (κ1) is 23.8. The van der Waals surface area contributed by atoms with E-state index in [-0.39, 0.29) is 23.2 Å². The maximum absolute atomic E-state index is 13.3. The molecule has 1 aromatic carbocycles. The van der Waals surface area contributed by atoms with Crippen molar-refractivity contribution in [1.29, 1.82) is 5.41 Å². The first-order valence-corrected chi connectivity index (χ1v) is 12.0. The summed E-state index contributed by atoms with van der Waals surface area (Å²) in [4.78, 5) is 20.6. The predicted molar refractivity (Wildman–Crippen MR) is 132 cm³/mol. The van der Waals surface area contributed by atoms with Gasteiger partial charge in [-0.3, -0.25) is 4.79 Å². The maximum Gasteiger partial charge on any atom is 0.254 e. The fourth-order valence-corrected chi connectivity index (χ4v) is 5.39. The van der Waals surface area contributed by atoms with E-state index >= 15 is 0 Å². The van der Waals surface area contributed by atoms with Crippen molar-refractivity contribution in [3.63, 3.8) is 0 Å². The van der Waals surface area contributed by atoms with Crippen molar-refractivity contribution < 1.29 is 9.18 Å². The number of aromatic nitrogens is 2. The van der Waals surface area contributed by atoms with E-state index in [1.165, 1.54) is 30.2 Å². The zero-order valence-corrected chi connectivity index (χ0v) is 19.8. The number of allylic oxidation sites excluding steroid dienone is 3. The number of benzene rings is 1. The van der Waals surface area contributed by atoms with Gasteiger partial charge in [0.05, 0.1) is 5.56 Å². The number of halogens is 1. The molecular formula is C27H32FN5O. The lowest BCUT2D eigenvalue weighted by Gasteiger charge is -2.38. The zero-order chi connectivity index (χ0) is 24.1. The summed E-state index contributed by atoms with van der Waals surface area (Å²) in [5.74, 6) is 0.00550. The first-order chi connectivity index (χ1) is 16.4. The van der Waals surface area contributed by atoms with Gasteiger partial charge in [-0.25, -0.2) is 14.4 Å². The summed E-state index contributed by atoms with van der Waals surface area (Å²) in [5.41, 5.74) is 4.47. The Labute approximate surface area is 200 Å². The van der Waals surface area contributed by atoms with E-state index in [1.807, 2.05) is 0 Å². The molecular weight excluding hydrogens is 429 g/mol. The Hall–Kier alpha value is -3.35. The van der Waals surface area contributed by atoms with Crippen LogP contribution in [0.25, 0.3) is 0 Å². The fraction of sp³-hybridized carbons (Fsp3) is 0.407. The number of nitrogens with zero attached hydrogens (tertiary/aromatic N) is 2. The van der Waals surface area contributed by atoms with E-state index in [0.717, 1.165) is 55.5 Å². The second-order valence-corrected chi connectivity index (χ2v) is 9.54. The normalized spacial score (nSPS) is 22.6. The van der Waals surface area contributed by atoms with Crippen molar-refractivity contribution in [3.05, 3.63) is 77.3 Å². The standard InChI is InChI=1S/C27H32FN5O/c1-3-4-24(33-26(34)19-15-30-17-31-16-19)11-20-5-6-21-12-25(18(14-29)13-27(20,21)2)32-23-9-7-22(28)8-10-23/h7-10,12,14-17,20,24,29,32H,3-6,11,13H2,1-2H3,(H,33,34)/t20-,24?,27-/m1/s1. The smallest absolute Gasteiger partial charge is 0.254 e. The minimum atomic E-state index is -0.270. The van der Waals surface area contributed by atoms with Crippen molar-refractivity contribution >= 4 is 17.8 Å². The van der Waals surface area contributed by atoms with Crippen LogP contribution in [0.1, 0.15) is 62.7 Å².